The van der Waals surface area contributed by atoms with E-state index in [-0.39, 0.29) is 16.4 Å². The van der Waals surface area contributed by atoms with Gasteiger partial charge in [-0.15, -0.1) is 0 Å². The lowest BCUT2D eigenvalue weighted by Gasteiger charge is -2.28. The van der Waals surface area contributed by atoms with E-state index in [9.17, 15) is 22.4 Å². The fourth-order valence-electron chi connectivity index (χ4n) is 2.48. The lowest BCUT2D eigenvalue weighted by molar-refractivity contribution is -0.137. The fourth-order valence-corrected chi connectivity index (χ4v) is 3.44. The van der Waals surface area contributed by atoms with Crippen LogP contribution in [0.25, 0.3) is 0 Å². The molecule has 0 aromatic heterocycles. The average Bonchev–Trinajstić information content (AvgIpc) is 2.62. The topological polar surface area (TPSA) is 32.7 Å². The van der Waals surface area contributed by atoms with Crippen LogP contribution in [0.5, 0.6) is 0 Å². The average molecular weight is 382 g/mol. The third-order valence-electron chi connectivity index (χ3n) is 3.74. The van der Waals surface area contributed by atoms with Crippen molar-refractivity contribution in [2.24, 2.45) is 4.99 Å². The summed E-state index contributed by atoms with van der Waals surface area (Å²) in [5.74, 6) is -0.522. The Morgan fingerprint density at radius 2 is 1.88 bits per heavy atom. The van der Waals surface area contributed by atoms with Gasteiger partial charge in [0, 0.05) is 12.3 Å². The number of hydrogen-bond acceptors (Lipinski definition) is 3. The van der Waals surface area contributed by atoms with E-state index in [2.05, 4.69) is 4.99 Å². The predicted octanol–water partition coefficient (Wildman–Crippen LogP) is 5.11. The van der Waals surface area contributed by atoms with E-state index >= 15 is 0 Å². The van der Waals surface area contributed by atoms with E-state index in [4.69, 9.17) is 0 Å². The van der Waals surface area contributed by atoms with Crippen LogP contribution in [0.4, 0.5) is 23.2 Å². The van der Waals surface area contributed by atoms with Crippen molar-refractivity contribution < 1.29 is 22.4 Å². The minimum atomic E-state index is -4.47. The summed E-state index contributed by atoms with van der Waals surface area (Å²) in [6, 6.07) is 10.2. The Hall–Kier alpha value is -2.35. The number of alkyl halides is 3. The molecule has 1 heterocycles. The molecule has 0 bridgehead atoms. The van der Waals surface area contributed by atoms with Gasteiger partial charge >= 0.3 is 6.18 Å². The van der Waals surface area contributed by atoms with Gasteiger partial charge in [0.05, 0.1) is 16.8 Å². The number of aliphatic imine (C=N–C) groups is 1. The van der Waals surface area contributed by atoms with Gasteiger partial charge in [-0.25, -0.2) is 9.38 Å². The summed E-state index contributed by atoms with van der Waals surface area (Å²) in [7, 11) is 0. The summed E-state index contributed by atoms with van der Waals surface area (Å²) in [5.41, 5.74) is -0.811. The van der Waals surface area contributed by atoms with E-state index in [1.54, 1.807) is 6.07 Å². The van der Waals surface area contributed by atoms with Crippen LogP contribution in [0.3, 0.4) is 0 Å². The molecule has 0 radical (unpaired) electrons. The lowest BCUT2D eigenvalue weighted by Crippen LogP contribution is -2.39. The molecule has 1 saturated heterocycles. The Labute approximate surface area is 151 Å². The maximum Gasteiger partial charge on any atom is 0.416 e. The fraction of sp³-hybridized carbons (Fsp3) is 0.222. The molecule has 0 saturated carbocycles. The Kier molecular flexibility index (Phi) is 5.31. The Bertz CT molecular complexity index is 851. The summed E-state index contributed by atoms with van der Waals surface area (Å²) < 4.78 is 52.5. The monoisotopic (exact) mass is 382 g/mol. The number of amides is 1. The summed E-state index contributed by atoms with van der Waals surface area (Å²) >= 11 is 1.26. The summed E-state index contributed by atoms with van der Waals surface area (Å²) in [6.45, 7) is 0.331. The number of carbonyl (C=O) groups excluding carboxylic acids is 1. The maximum atomic E-state index is 13.9. The number of carbonyl (C=O) groups is 1. The molecule has 1 aliphatic rings. The van der Waals surface area contributed by atoms with Crippen molar-refractivity contribution >= 4 is 28.5 Å². The molecular weight excluding hydrogens is 368 g/mol. The zero-order valence-corrected chi connectivity index (χ0v) is 14.3. The Balaban J connectivity index is 1.93. The molecular formula is C18H14F4N2OS. The van der Waals surface area contributed by atoms with Crippen molar-refractivity contribution in [2.75, 3.05) is 12.3 Å². The highest BCUT2D eigenvalue weighted by Crippen LogP contribution is 2.32. The minimum Gasteiger partial charge on any atom is -0.287 e. The molecule has 136 valence electrons. The first kappa shape index (κ1) is 18.4. The van der Waals surface area contributed by atoms with Gasteiger partial charge in [0.2, 0.25) is 0 Å². The molecule has 0 unspecified atom stereocenters. The third kappa shape index (κ3) is 4.07. The Morgan fingerprint density at radius 1 is 1.12 bits per heavy atom. The molecule has 3 rings (SSSR count). The van der Waals surface area contributed by atoms with Crippen LogP contribution < -0.4 is 0 Å². The predicted molar refractivity (Wildman–Crippen MR) is 93.1 cm³/mol. The van der Waals surface area contributed by atoms with Crippen molar-refractivity contribution in [2.45, 2.75) is 12.6 Å². The first-order valence-electron chi connectivity index (χ1n) is 7.81. The van der Waals surface area contributed by atoms with Crippen molar-refractivity contribution in [1.29, 1.82) is 0 Å². The van der Waals surface area contributed by atoms with Gasteiger partial charge in [0.25, 0.3) is 5.91 Å². The number of thioether (sulfide) groups is 1. The van der Waals surface area contributed by atoms with Crippen molar-refractivity contribution in [1.82, 2.24) is 4.90 Å². The molecule has 1 amide bonds. The highest BCUT2D eigenvalue weighted by Gasteiger charge is 2.31. The van der Waals surface area contributed by atoms with E-state index in [0.717, 1.165) is 12.1 Å². The first-order chi connectivity index (χ1) is 12.4. The number of nitrogens with zero attached hydrogens (tertiary/aromatic N) is 2. The number of rotatable bonds is 2. The summed E-state index contributed by atoms with van der Waals surface area (Å²) in [4.78, 5) is 18.2. The van der Waals surface area contributed by atoms with Crippen LogP contribution in [0, 0.1) is 5.82 Å². The van der Waals surface area contributed by atoms with Crippen LogP contribution in [0.1, 0.15) is 22.3 Å². The van der Waals surface area contributed by atoms with Gasteiger partial charge in [-0.1, -0.05) is 30.0 Å². The molecule has 3 nitrogen and oxygen atoms in total. The molecule has 8 heteroatoms. The van der Waals surface area contributed by atoms with Crippen LogP contribution in [-0.2, 0) is 6.18 Å². The normalized spacial score (nSPS) is 16.8. The van der Waals surface area contributed by atoms with Gasteiger partial charge in [-0.2, -0.15) is 13.2 Å². The molecule has 0 atom stereocenters. The quantitative estimate of drug-likeness (QED) is 0.676. The molecule has 2 aromatic rings. The van der Waals surface area contributed by atoms with Gasteiger partial charge in [-0.05, 0) is 36.8 Å². The molecule has 2 aromatic carbocycles. The second-order valence-electron chi connectivity index (χ2n) is 5.58. The number of amidine groups is 1. The lowest BCUT2D eigenvalue weighted by atomic mass is 10.2. The molecule has 1 aliphatic heterocycles. The van der Waals surface area contributed by atoms with Gasteiger partial charge in [-0.3, -0.25) is 9.69 Å². The van der Waals surface area contributed by atoms with Gasteiger partial charge in [0.15, 0.2) is 5.17 Å². The van der Waals surface area contributed by atoms with E-state index in [1.165, 1.54) is 47.0 Å². The largest absolute Gasteiger partial charge is 0.416 e. The van der Waals surface area contributed by atoms with Crippen LogP contribution in [0.15, 0.2) is 53.5 Å². The minimum absolute atomic E-state index is 0.0910. The van der Waals surface area contributed by atoms with E-state index in [0.29, 0.717) is 18.7 Å². The summed E-state index contributed by atoms with van der Waals surface area (Å²) in [5, 5.41) is 0.267. The highest BCUT2D eigenvalue weighted by molar-refractivity contribution is 8.13. The molecule has 26 heavy (non-hydrogen) atoms. The van der Waals surface area contributed by atoms with Crippen LogP contribution in [0.2, 0.25) is 0 Å². The first-order valence-corrected chi connectivity index (χ1v) is 8.80. The maximum absolute atomic E-state index is 13.9. The zero-order chi connectivity index (χ0) is 18.7. The second kappa shape index (κ2) is 7.49. The molecule has 1 fully saturated rings. The SMILES string of the molecule is O=C(c1ccccc1F)N1CCCSC1=Nc1cccc(C(F)(F)F)c1. The second-order valence-corrected chi connectivity index (χ2v) is 6.64. The Morgan fingerprint density at radius 3 is 2.62 bits per heavy atom. The van der Waals surface area contributed by atoms with Crippen LogP contribution >= 0.6 is 11.8 Å². The van der Waals surface area contributed by atoms with Gasteiger partial charge in [0.1, 0.15) is 5.82 Å². The molecule has 0 spiro atoms. The third-order valence-corrected chi connectivity index (χ3v) is 4.80. The van der Waals surface area contributed by atoms with Gasteiger partial charge < -0.3 is 0 Å². The number of hydrogen-bond donors (Lipinski definition) is 0. The number of benzene rings is 2. The van der Waals surface area contributed by atoms with Crippen molar-refractivity contribution in [3.8, 4) is 0 Å². The van der Waals surface area contributed by atoms with Crippen LogP contribution in [-0.4, -0.2) is 28.3 Å². The zero-order valence-electron chi connectivity index (χ0n) is 13.5. The standard InChI is InChI=1S/C18H14F4N2OS/c19-15-8-2-1-7-14(15)16(25)24-9-4-10-26-17(24)23-13-6-3-5-12(11-13)18(20,21)22/h1-3,5-8,11H,4,9-10H2. The number of halogens is 4. The summed E-state index contributed by atoms with van der Waals surface area (Å²) in [6.07, 6.45) is -3.79. The van der Waals surface area contributed by atoms with Crippen molar-refractivity contribution in [3.63, 3.8) is 0 Å². The van der Waals surface area contributed by atoms with E-state index < -0.39 is 23.5 Å². The van der Waals surface area contributed by atoms with E-state index in [1.807, 2.05) is 0 Å². The smallest absolute Gasteiger partial charge is 0.287 e. The van der Waals surface area contributed by atoms with Crippen molar-refractivity contribution in [3.05, 3.63) is 65.5 Å². The molecule has 0 aliphatic carbocycles. The molecule has 0 N–H and O–H groups in total. The highest BCUT2D eigenvalue weighted by atomic mass is 32.2.